The zero-order valence-corrected chi connectivity index (χ0v) is 14.7. The van der Waals surface area contributed by atoms with E-state index in [1.807, 2.05) is 53.3 Å². The summed E-state index contributed by atoms with van der Waals surface area (Å²) in [5, 5.41) is 4.65. The third-order valence-corrected chi connectivity index (χ3v) is 4.30. The third-order valence-electron chi connectivity index (χ3n) is 4.30. The van der Waals surface area contributed by atoms with Gasteiger partial charge in [0.25, 0.3) is 0 Å². The Hall–Kier alpha value is -2.86. The largest absolute Gasteiger partial charge is 0.493 e. The van der Waals surface area contributed by atoms with E-state index in [0.717, 1.165) is 36.4 Å². The van der Waals surface area contributed by atoms with E-state index in [2.05, 4.69) is 10.1 Å². The molecule has 3 heterocycles. The van der Waals surface area contributed by atoms with Crippen molar-refractivity contribution in [3.63, 3.8) is 0 Å². The van der Waals surface area contributed by atoms with Crippen LogP contribution in [0.3, 0.4) is 0 Å². The molecule has 1 fully saturated rings. The molecule has 0 radical (unpaired) electrons. The maximum absolute atomic E-state index is 5.97. The Morgan fingerprint density at radius 3 is 2.92 bits per heavy atom. The van der Waals surface area contributed by atoms with Gasteiger partial charge in [-0.2, -0.15) is 5.10 Å². The second-order valence-corrected chi connectivity index (χ2v) is 6.15. The summed E-state index contributed by atoms with van der Waals surface area (Å²) in [6, 6.07) is 13.7. The highest BCUT2D eigenvalue weighted by Crippen LogP contribution is 2.34. The Balaban J connectivity index is 1.55. The molecule has 6 heteroatoms. The van der Waals surface area contributed by atoms with Crippen molar-refractivity contribution in [1.29, 1.82) is 0 Å². The first-order valence-corrected chi connectivity index (χ1v) is 8.72. The molecular weight excluding hydrogens is 330 g/mol. The lowest BCUT2D eigenvalue weighted by Gasteiger charge is -2.16. The summed E-state index contributed by atoms with van der Waals surface area (Å²) >= 11 is 0. The number of hydrogen-bond acceptors (Lipinski definition) is 5. The molecule has 6 nitrogen and oxygen atoms in total. The first kappa shape index (κ1) is 16.6. The maximum Gasteiger partial charge on any atom is 0.200 e. The lowest BCUT2D eigenvalue weighted by molar-refractivity contribution is -0.0402. The molecule has 0 saturated carbocycles. The van der Waals surface area contributed by atoms with Crippen molar-refractivity contribution in [3.05, 3.63) is 60.6 Å². The first-order valence-electron chi connectivity index (χ1n) is 8.72. The standard InChI is InChI=1S/C20H21N3O3/c1-24-18-8-7-15(13-19(18)26-20-6-4-12-25-20)17-9-11-23(22-17)14-16-5-2-3-10-21-16/h2-3,5,7-11,13,20H,4,6,12,14H2,1H3/t20-/m0/s1. The smallest absolute Gasteiger partial charge is 0.200 e. The number of nitrogens with zero attached hydrogens (tertiary/aromatic N) is 3. The average Bonchev–Trinajstić information content (AvgIpc) is 3.35. The average molecular weight is 351 g/mol. The summed E-state index contributed by atoms with van der Waals surface area (Å²) in [5.41, 5.74) is 2.82. The van der Waals surface area contributed by atoms with Crippen LogP contribution in [0.2, 0.25) is 0 Å². The molecule has 4 rings (SSSR count). The Bertz CT molecular complexity index is 858. The van der Waals surface area contributed by atoms with E-state index in [-0.39, 0.29) is 6.29 Å². The molecule has 0 spiro atoms. The van der Waals surface area contributed by atoms with Gasteiger partial charge in [0.2, 0.25) is 0 Å². The molecule has 26 heavy (non-hydrogen) atoms. The van der Waals surface area contributed by atoms with Crippen LogP contribution in [-0.2, 0) is 11.3 Å². The fourth-order valence-electron chi connectivity index (χ4n) is 2.97. The topological polar surface area (TPSA) is 58.4 Å². The number of ether oxygens (including phenoxy) is 3. The molecule has 0 amide bonds. The number of hydrogen-bond donors (Lipinski definition) is 0. The van der Waals surface area contributed by atoms with Gasteiger partial charge in [0.05, 0.1) is 31.6 Å². The Kier molecular flexibility index (Phi) is 4.84. The van der Waals surface area contributed by atoms with Gasteiger partial charge in [0, 0.05) is 24.4 Å². The van der Waals surface area contributed by atoms with Gasteiger partial charge in [0.15, 0.2) is 17.8 Å². The zero-order chi connectivity index (χ0) is 17.8. The molecule has 1 aromatic carbocycles. The summed E-state index contributed by atoms with van der Waals surface area (Å²) in [4.78, 5) is 4.34. The fourth-order valence-corrected chi connectivity index (χ4v) is 2.97. The van der Waals surface area contributed by atoms with E-state index in [1.54, 1.807) is 13.3 Å². The highest BCUT2D eigenvalue weighted by Gasteiger charge is 2.19. The van der Waals surface area contributed by atoms with Crippen LogP contribution in [0.5, 0.6) is 11.5 Å². The molecule has 134 valence electrons. The highest BCUT2D eigenvalue weighted by molar-refractivity contribution is 5.63. The third kappa shape index (κ3) is 3.70. The maximum atomic E-state index is 5.97. The van der Waals surface area contributed by atoms with Crippen molar-refractivity contribution < 1.29 is 14.2 Å². The fraction of sp³-hybridized carbons (Fsp3) is 0.300. The summed E-state index contributed by atoms with van der Waals surface area (Å²) in [7, 11) is 1.64. The van der Waals surface area contributed by atoms with Crippen molar-refractivity contribution in [2.45, 2.75) is 25.7 Å². The molecule has 0 N–H and O–H groups in total. The van der Waals surface area contributed by atoms with Gasteiger partial charge in [-0.25, -0.2) is 0 Å². The van der Waals surface area contributed by atoms with Crippen LogP contribution >= 0.6 is 0 Å². The van der Waals surface area contributed by atoms with Crippen LogP contribution in [0.15, 0.2) is 54.9 Å². The Morgan fingerprint density at radius 1 is 1.19 bits per heavy atom. The SMILES string of the molecule is COc1ccc(-c2ccn(Cc3ccccn3)n2)cc1O[C@H]1CCCO1. The van der Waals surface area contributed by atoms with E-state index in [4.69, 9.17) is 14.2 Å². The van der Waals surface area contributed by atoms with E-state index >= 15 is 0 Å². The van der Waals surface area contributed by atoms with Crippen molar-refractivity contribution in [3.8, 4) is 22.8 Å². The van der Waals surface area contributed by atoms with Gasteiger partial charge in [0.1, 0.15) is 0 Å². The van der Waals surface area contributed by atoms with Crippen LogP contribution < -0.4 is 9.47 Å². The second kappa shape index (κ2) is 7.58. The molecule has 0 aliphatic carbocycles. The Morgan fingerprint density at radius 2 is 2.15 bits per heavy atom. The molecule has 1 aliphatic rings. The monoisotopic (exact) mass is 351 g/mol. The van der Waals surface area contributed by atoms with Crippen molar-refractivity contribution in [1.82, 2.24) is 14.8 Å². The quantitative estimate of drug-likeness (QED) is 0.680. The van der Waals surface area contributed by atoms with Crippen LogP contribution in [-0.4, -0.2) is 34.8 Å². The molecule has 0 unspecified atom stereocenters. The zero-order valence-electron chi connectivity index (χ0n) is 14.7. The van der Waals surface area contributed by atoms with Crippen LogP contribution in [0.1, 0.15) is 18.5 Å². The first-order chi connectivity index (χ1) is 12.8. The lowest BCUT2D eigenvalue weighted by atomic mass is 10.1. The van der Waals surface area contributed by atoms with E-state index in [9.17, 15) is 0 Å². The van der Waals surface area contributed by atoms with Gasteiger partial charge in [-0.05, 0) is 42.8 Å². The van der Waals surface area contributed by atoms with Crippen LogP contribution in [0.4, 0.5) is 0 Å². The van der Waals surface area contributed by atoms with Crippen molar-refractivity contribution >= 4 is 0 Å². The molecule has 1 aliphatic heterocycles. The summed E-state index contributed by atoms with van der Waals surface area (Å²) in [5.74, 6) is 1.37. The van der Waals surface area contributed by atoms with Crippen molar-refractivity contribution in [2.24, 2.45) is 0 Å². The predicted octanol–water partition coefficient (Wildman–Crippen LogP) is 3.52. The Labute approximate surface area is 152 Å². The number of rotatable bonds is 6. The number of benzene rings is 1. The molecule has 1 atom stereocenters. The lowest BCUT2D eigenvalue weighted by Crippen LogP contribution is -2.14. The predicted molar refractivity (Wildman–Crippen MR) is 97.2 cm³/mol. The number of pyridine rings is 1. The molecule has 2 aromatic heterocycles. The highest BCUT2D eigenvalue weighted by atomic mass is 16.7. The van der Waals surface area contributed by atoms with Gasteiger partial charge in [-0.3, -0.25) is 9.67 Å². The normalized spacial score (nSPS) is 16.6. The van der Waals surface area contributed by atoms with Crippen LogP contribution in [0.25, 0.3) is 11.3 Å². The molecule has 0 bridgehead atoms. The van der Waals surface area contributed by atoms with E-state index in [0.29, 0.717) is 18.0 Å². The number of methoxy groups -OCH3 is 1. The van der Waals surface area contributed by atoms with Gasteiger partial charge < -0.3 is 14.2 Å². The summed E-state index contributed by atoms with van der Waals surface area (Å²) < 4.78 is 18.8. The molecule has 1 saturated heterocycles. The summed E-state index contributed by atoms with van der Waals surface area (Å²) in [6.07, 6.45) is 5.45. The van der Waals surface area contributed by atoms with Gasteiger partial charge >= 0.3 is 0 Å². The van der Waals surface area contributed by atoms with Gasteiger partial charge in [-0.15, -0.1) is 0 Å². The van der Waals surface area contributed by atoms with Gasteiger partial charge in [-0.1, -0.05) is 6.07 Å². The summed E-state index contributed by atoms with van der Waals surface area (Å²) in [6.45, 7) is 1.38. The minimum absolute atomic E-state index is 0.208. The van der Waals surface area contributed by atoms with E-state index < -0.39 is 0 Å². The minimum atomic E-state index is -0.208. The second-order valence-electron chi connectivity index (χ2n) is 6.15. The molecular formula is C20H21N3O3. The van der Waals surface area contributed by atoms with E-state index in [1.165, 1.54) is 0 Å². The number of aromatic nitrogens is 3. The molecule has 3 aromatic rings. The van der Waals surface area contributed by atoms with Crippen LogP contribution in [0, 0.1) is 0 Å². The minimum Gasteiger partial charge on any atom is -0.493 e. The van der Waals surface area contributed by atoms with Crippen molar-refractivity contribution in [2.75, 3.05) is 13.7 Å².